The summed E-state index contributed by atoms with van der Waals surface area (Å²) in [6.45, 7) is 15.0. The van der Waals surface area contributed by atoms with Gasteiger partial charge in [-0.05, 0) is 79.1 Å². The Hall–Kier alpha value is -4.19. The van der Waals surface area contributed by atoms with Crippen molar-refractivity contribution in [2.24, 2.45) is 5.73 Å². The van der Waals surface area contributed by atoms with Gasteiger partial charge in [-0.15, -0.1) is 0 Å². The number of nitrogens with two attached hydrogens (primary N) is 1. The Morgan fingerprint density at radius 2 is 1.58 bits per heavy atom. The molecule has 38 heavy (non-hydrogen) atoms. The summed E-state index contributed by atoms with van der Waals surface area (Å²) in [7, 11) is 0. The van der Waals surface area contributed by atoms with Gasteiger partial charge in [0.05, 0.1) is 17.9 Å². The first kappa shape index (κ1) is 25.5. The number of carbonyl (C=O) groups excluding carboxylic acids is 2. The molecule has 2 amide bonds. The molecule has 6 nitrogen and oxygen atoms in total. The Morgan fingerprint density at radius 1 is 0.895 bits per heavy atom. The van der Waals surface area contributed by atoms with Crippen LogP contribution >= 0.6 is 0 Å². The van der Waals surface area contributed by atoms with E-state index >= 15 is 0 Å². The molecule has 1 aliphatic rings. The molecule has 0 saturated heterocycles. The maximum absolute atomic E-state index is 13.9. The molecule has 2 N–H and O–H groups in total. The predicted octanol–water partition coefficient (Wildman–Crippen LogP) is 6.33. The van der Waals surface area contributed by atoms with Crippen molar-refractivity contribution in [3.8, 4) is 16.9 Å². The van der Waals surface area contributed by atoms with Gasteiger partial charge in [-0.1, -0.05) is 57.2 Å². The molecule has 6 heteroatoms. The van der Waals surface area contributed by atoms with E-state index in [9.17, 15) is 9.59 Å². The summed E-state index contributed by atoms with van der Waals surface area (Å²) >= 11 is 0. The Labute approximate surface area is 224 Å². The number of carbonyl (C=O) groups is 2. The molecule has 1 aliphatic heterocycles. The maximum atomic E-state index is 13.9. The minimum atomic E-state index is -0.460. The van der Waals surface area contributed by atoms with Crippen LogP contribution in [0.5, 0.6) is 0 Å². The van der Waals surface area contributed by atoms with Crippen molar-refractivity contribution in [2.75, 3.05) is 4.90 Å². The van der Waals surface area contributed by atoms with E-state index in [1.807, 2.05) is 41.6 Å². The molecule has 0 aliphatic carbocycles. The van der Waals surface area contributed by atoms with Crippen LogP contribution in [0.3, 0.4) is 0 Å². The van der Waals surface area contributed by atoms with E-state index < -0.39 is 5.91 Å². The Balaban J connectivity index is 1.72. The largest absolute Gasteiger partial charge is 0.366 e. The third-order valence-electron chi connectivity index (χ3n) is 7.53. The number of rotatable bonds is 4. The SMILES string of the molecule is Cc1cc(-c2c3c(nn2-c2c(C)cccc2C)C(=O)N(c2cc(C(C)(C)C)ccc2C)C3)ccc1C(N)=O. The topological polar surface area (TPSA) is 81.2 Å². The highest BCUT2D eigenvalue weighted by atomic mass is 16.2. The van der Waals surface area contributed by atoms with Crippen LogP contribution in [0.15, 0.2) is 54.6 Å². The first-order valence-electron chi connectivity index (χ1n) is 12.9. The van der Waals surface area contributed by atoms with Crippen molar-refractivity contribution in [3.05, 3.63) is 99.2 Å². The van der Waals surface area contributed by atoms with E-state index in [0.717, 1.165) is 50.4 Å². The fourth-order valence-electron chi connectivity index (χ4n) is 5.38. The second-order valence-corrected chi connectivity index (χ2v) is 11.4. The summed E-state index contributed by atoms with van der Waals surface area (Å²) in [6, 6.07) is 18.1. The van der Waals surface area contributed by atoms with E-state index in [1.165, 1.54) is 5.56 Å². The van der Waals surface area contributed by atoms with Crippen LogP contribution in [0.25, 0.3) is 16.9 Å². The Morgan fingerprint density at radius 3 is 2.18 bits per heavy atom. The molecule has 1 aromatic heterocycles. The molecule has 0 spiro atoms. The third kappa shape index (κ3) is 4.10. The van der Waals surface area contributed by atoms with E-state index in [1.54, 1.807) is 6.07 Å². The number of amides is 2. The van der Waals surface area contributed by atoms with Crippen LogP contribution in [-0.4, -0.2) is 21.6 Å². The van der Waals surface area contributed by atoms with Gasteiger partial charge in [0.25, 0.3) is 5.91 Å². The second kappa shape index (κ2) is 8.98. The van der Waals surface area contributed by atoms with Crippen LogP contribution in [0.1, 0.15) is 75.0 Å². The molecule has 4 aromatic rings. The zero-order valence-corrected chi connectivity index (χ0v) is 23.1. The Kier molecular flexibility index (Phi) is 6.02. The molecule has 3 aromatic carbocycles. The average Bonchev–Trinajstić information content (AvgIpc) is 3.34. The number of para-hydroxylation sites is 1. The lowest BCUT2D eigenvalue weighted by Gasteiger charge is -2.25. The Bertz CT molecular complexity index is 1600. The van der Waals surface area contributed by atoms with Crippen LogP contribution in [0.2, 0.25) is 0 Å². The summed E-state index contributed by atoms with van der Waals surface area (Å²) < 4.78 is 1.90. The van der Waals surface area contributed by atoms with Gasteiger partial charge in [-0.3, -0.25) is 9.59 Å². The van der Waals surface area contributed by atoms with E-state index in [2.05, 4.69) is 65.0 Å². The first-order chi connectivity index (χ1) is 17.9. The molecule has 0 radical (unpaired) electrons. The summed E-state index contributed by atoms with van der Waals surface area (Å²) in [5.74, 6) is -0.566. The number of primary amides is 1. The van der Waals surface area contributed by atoms with Gasteiger partial charge in [0, 0.05) is 22.4 Å². The number of hydrogen-bond donors (Lipinski definition) is 1. The fourth-order valence-corrected chi connectivity index (χ4v) is 5.38. The van der Waals surface area contributed by atoms with Gasteiger partial charge < -0.3 is 10.6 Å². The van der Waals surface area contributed by atoms with Crippen LogP contribution in [0.4, 0.5) is 5.69 Å². The zero-order valence-electron chi connectivity index (χ0n) is 23.1. The van der Waals surface area contributed by atoms with Crippen LogP contribution in [0, 0.1) is 27.7 Å². The third-order valence-corrected chi connectivity index (χ3v) is 7.53. The summed E-state index contributed by atoms with van der Waals surface area (Å²) in [5, 5.41) is 4.94. The van der Waals surface area contributed by atoms with Crippen molar-refractivity contribution < 1.29 is 9.59 Å². The monoisotopic (exact) mass is 506 g/mol. The number of nitrogens with zero attached hydrogens (tertiary/aromatic N) is 3. The number of hydrogen-bond acceptors (Lipinski definition) is 3. The van der Waals surface area contributed by atoms with Gasteiger partial charge in [0.15, 0.2) is 5.69 Å². The van der Waals surface area contributed by atoms with Gasteiger partial charge in [-0.2, -0.15) is 5.10 Å². The lowest BCUT2D eigenvalue weighted by molar-refractivity contribution is 0.0986. The van der Waals surface area contributed by atoms with Crippen LogP contribution < -0.4 is 10.6 Å². The van der Waals surface area contributed by atoms with Gasteiger partial charge in [-0.25, -0.2) is 4.68 Å². The standard InChI is InChI=1S/C32H34N4O2/c1-18-11-13-23(32(5,6)7)16-26(18)35-17-25-27(31(35)38)34-36(28-19(2)9-8-10-20(28)3)29(25)22-12-14-24(30(33)37)21(4)15-22/h8-16H,17H2,1-7H3,(H2,33,37). The molecule has 194 valence electrons. The molecule has 0 fully saturated rings. The first-order valence-corrected chi connectivity index (χ1v) is 12.9. The van der Waals surface area contributed by atoms with Crippen molar-refractivity contribution >= 4 is 17.5 Å². The summed E-state index contributed by atoms with van der Waals surface area (Å²) in [6.07, 6.45) is 0. The molecule has 0 atom stereocenters. The van der Waals surface area contributed by atoms with Crippen molar-refractivity contribution in [1.29, 1.82) is 0 Å². The normalized spacial score (nSPS) is 13.2. The van der Waals surface area contributed by atoms with E-state index in [4.69, 9.17) is 10.8 Å². The molecule has 0 saturated carbocycles. The molecular weight excluding hydrogens is 472 g/mol. The summed E-state index contributed by atoms with van der Waals surface area (Å²) in [4.78, 5) is 27.7. The van der Waals surface area contributed by atoms with Gasteiger partial charge in [0.2, 0.25) is 5.91 Å². The van der Waals surface area contributed by atoms with Crippen molar-refractivity contribution in [2.45, 2.75) is 60.4 Å². The number of fused-ring (bicyclic) bond motifs is 1. The number of aryl methyl sites for hydroxylation is 4. The molecule has 0 unspecified atom stereocenters. The molecule has 0 bridgehead atoms. The molecule has 5 rings (SSSR count). The number of anilines is 1. The fraction of sp³-hybridized carbons (Fsp3) is 0.281. The van der Waals surface area contributed by atoms with E-state index in [0.29, 0.717) is 17.8 Å². The van der Waals surface area contributed by atoms with Crippen molar-refractivity contribution in [3.63, 3.8) is 0 Å². The minimum Gasteiger partial charge on any atom is -0.366 e. The summed E-state index contributed by atoms with van der Waals surface area (Å²) in [5.41, 5.74) is 16.1. The number of benzene rings is 3. The highest BCUT2D eigenvalue weighted by molar-refractivity contribution is 6.10. The second-order valence-electron chi connectivity index (χ2n) is 11.4. The lowest BCUT2D eigenvalue weighted by atomic mass is 9.86. The molecule has 2 heterocycles. The zero-order chi connectivity index (χ0) is 27.5. The maximum Gasteiger partial charge on any atom is 0.279 e. The van der Waals surface area contributed by atoms with Crippen molar-refractivity contribution in [1.82, 2.24) is 9.78 Å². The lowest BCUT2D eigenvalue weighted by Crippen LogP contribution is -2.26. The smallest absolute Gasteiger partial charge is 0.279 e. The molecular formula is C32H34N4O2. The number of aromatic nitrogens is 2. The van der Waals surface area contributed by atoms with E-state index in [-0.39, 0.29) is 11.3 Å². The van der Waals surface area contributed by atoms with Crippen LogP contribution in [-0.2, 0) is 12.0 Å². The quantitative estimate of drug-likeness (QED) is 0.351. The highest BCUT2D eigenvalue weighted by Gasteiger charge is 2.37. The average molecular weight is 507 g/mol. The predicted molar refractivity (Wildman–Crippen MR) is 152 cm³/mol. The minimum absolute atomic E-state index is 0.0398. The van der Waals surface area contributed by atoms with Gasteiger partial charge >= 0.3 is 0 Å². The highest BCUT2D eigenvalue weighted by Crippen LogP contribution is 2.40. The van der Waals surface area contributed by atoms with Gasteiger partial charge in [0.1, 0.15) is 0 Å².